The molecular weight excluding hydrogens is 226 g/mol. The molecule has 18 heavy (non-hydrogen) atoms. The summed E-state index contributed by atoms with van der Waals surface area (Å²) < 4.78 is 0. The van der Waals surface area contributed by atoms with Crippen LogP contribution >= 0.6 is 0 Å². The van der Waals surface area contributed by atoms with Gasteiger partial charge < -0.3 is 5.32 Å². The molecule has 5 heteroatoms. The normalized spacial score (nSPS) is 18.7. The lowest BCUT2D eigenvalue weighted by molar-refractivity contribution is 0.651. The number of hydrogen-bond acceptors (Lipinski definition) is 3. The summed E-state index contributed by atoms with van der Waals surface area (Å²) in [5.74, 6) is 6.18. The maximum absolute atomic E-state index is 5.52. The van der Waals surface area contributed by atoms with Crippen LogP contribution in [0, 0.1) is 0 Å². The lowest BCUT2D eigenvalue weighted by atomic mass is 10.1. The average molecular weight is 247 g/mol. The Kier molecular flexibility index (Phi) is 4.52. The highest BCUT2D eigenvalue weighted by Gasteiger charge is 2.15. The predicted octanol–water partition coefficient (Wildman–Crippen LogP) is 1.49. The lowest BCUT2D eigenvalue weighted by Crippen LogP contribution is -2.43. The second kappa shape index (κ2) is 6.35. The number of aliphatic imine (C=N–C) groups is 1. The Balaban J connectivity index is 1.97. The fourth-order valence-corrected chi connectivity index (χ4v) is 2.25. The predicted molar refractivity (Wildman–Crippen MR) is 72.8 cm³/mol. The highest BCUT2D eigenvalue weighted by atomic mass is 15.3. The smallest absolute Gasteiger partial charge is 0.206 e. The van der Waals surface area contributed by atoms with Gasteiger partial charge in [-0.2, -0.15) is 0 Å². The van der Waals surface area contributed by atoms with Gasteiger partial charge in [0.25, 0.3) is 0 Å². The van der Waals surface area contributed by atoms with Crippen molar-refractivity contribution in [2.45, 2.75) is 44.7 Å². The first kappa shape index (κ1) is 12.8. The van der Waals surface area contributed by atoms with Gasteiger partial charge in [0.15, 0.2) is 0 Å². The van der Waals surface area contributed by atoms with E-state index in [-0.39, 0.29) is 6.04 Å². The van der Waals surface area contributed by atoms with Gasteiger partial charge in [0.2, 0.25) is 5.96 Å². The topological polar surface area (TPSA) is 75.3 Å². The first-order chi connectivity index (χ1) is 8.79. The van der Waals surface area contributed by atoms with E-state index >= 15 is 0 Å². The molecule has 0 radical (unpaired) electrons. The number of hydrazine groups is 1. The standard InChI is InChI=1S/C13H21N5/c1-10(11-5-4-8-15-9-11)16-13(18-14)17-12-6-2-3-7-12/h4-5,8-10,12H,2-3,6-7,14H2,1H3,(H2,16,17,18). The van der Waals surface area contributed by atoms with E-state index in [1.54, 1.807) is 6.20 Å². The molecular formula is C13H21N5. The molecule has 4 N–H and O–H groups in total. The summed E-state index contributed by atoms with van der Waals surface area (Å²) in [6, 6.07) is 4.51. The van der Waals surface area contributed by atoms with E-state index in [1.165, 1.54) is 12.8 Å². The van der Waals surface area contributed by atoms with Gasteiger partial charge in [-0.15, -0.1) is 0 Å². The number of aromatic nitrogens is 1. The van der Waals surface area contributed by atoms with Gasteiger partial charge in [0, 0.05) is 12.4 Å². The van der Waals surface area contributed by atoms with E-state index in [1.807, 2.05) is 18.3 Å². The molecule has 1 aliphatic rings. The van der Waals surface area contributed by atoms with Gasteiger partial charge >= 0.3 is 0 Å². The van der Waals surface area contributed by atoms with Crippen LogP contribution in [0.15, 0.2) is 29.5 Å². The van der Waals surface area contributed by atoms with Crippen molar-refractivity contribution < 1.29 is 0 Å². The number of nitrogens with two attached hydrogens (primary N) is 1. The summed E-state index contributed by atoms with van der Waals surface area (Å²) in [4.78, 5) is 8.72. The van der Waals surface area contributed by atoms with Crippen molar-refractivity contribution in [1.29, 1.82) is 0 Å². The SMILES string of the molecule is CC(NC(=NC1CCCC1)NN)c1cccnc1. The van der Waals surface area contributed by atoms with Crippen LogP contribution in [0.3, 0.4) is 0 Å². The van der Waals surface area contributed by atoms with Crippen LogP contribution in [0.2, 0.25) is 0 Å². The summed E-state index contributed by atoms with van der Waals surface area (Å²) in [5, 5.41) is 3.28. The largest absolute Gasteiger partial charge is 0.349 e. The van der Waals surface area contributed by atoms with Gasteiger partial charge in [0.05, 0.1) is 12.1 Å². The van der Waals surface area contributed by atoms with Gasteiger partial charge in [-0.3, -0.25) is 10.4 Å². The molecule has 5 nitrogen and oxygen atoms in total. The van der Waals surface area contributed by atoms with Crippen LogP contribution in [0.1, 0.15) is 44.2 Å². The van der Waals surface area contributed by atoms with E-state index in [9.17, 15) is 0 Å². The molecule has 2 rings (SSSR count). The Hall–Kier alpha value is -1.62. The van der Waals surface area contributed by atoms with Crippen LogP contribution in [0.25, 0.3) is 0 Å². The molecule has 0 aliphatic heterocycles. The zero-order chi connectivity index (χ0) is 12.8. The van der Waals surface area contributed by atoms with Gasteiger partial charge in [0.1, 0.15) is 0 Å². The highest BCUT2D eigenvalue weighted by Crippen LogP contribution is 2.21. The Bertz CT molecular complexity index is 384. The molecule has 0 saturated heterocycles. The molecule has 0 amide bonds. The molecule has 1 unspecified atom stereocenters. The van der Waals surface area contributed by atoms with Crippen molar-refractivity contribution in [3.05, 3.63) is 30.1 Å². The van der Waals surface area contributed by atoms with Gasteiger partial charge in [-0.1, -0.05) is 18.9 Å². The van der Waals surface area contributed by atoms with Crippen molar-refractivity contribution >= 4 is 5.96 Å². The van der Waals surface area contributed by atoms with E-state index < -0.39 is 0 Å². The van der Waals surface area contributed by atoms with Crippen molar-refractivity contribution in [3.8, 4) is 0 Å². The molecule has 1 aliphatic carbocycles. The van der Waals surface area contributed by atoms with Gasteiger partial charge in [-0.25, -0.2) is 10.8 Å². The lowest BCUT2D eigenvalue weighted by Gasteiger charge is -2.17. The second-order valence-electron chi connectivity index (χ2n) is 4.71. The highest BCUT2D eigenvalue weighted by molar-refractivity contribution is 5.79. The molecule has 1 atom stereocenters. The number of hydrogen-bond donors (Lipinski definition) is 3. The Morgan fingerprint density at radius 2 is 2.28 bits per heavy atom. The van der Waals surface area contributed by atoms with Crippen LogP contribution in [-0.2, 0) is 0 Å². The Labute approximate surface area is 108 Å². The summed E-state index contributed by atoms with van der Waals surface area (Å²) >= 11 is 0. The number of pyridine rings is 1. The fourth-order valence-electron chi connectivity index (χ4n) is 2.25. The van der Waals surface area contributed by atoms with E-state index in [0.717, 1.165) is 18.4 Å². The third-order valence-corrected chi connectivity index (χ3v) is 3.31. The van der Waals surface area contributed by atoms with Crippen molar-refractivity contribution in [1.82, 2.24) is 15.7 Å². The zero-order valence-electron chi connectivity index (χ0n) is 10.8. The van der Waals surface area contributed by atoms with Crippen LogP contribution in [0.4, 0.5) is 0 Å². The van der Waals surface area contributed by atoms with Gasteiger partial charge in [-0.05, 0) is 31.4 Å². The first-order valence-corrected chi connectivity index (χ1v) is 6.50. The minimum Gasteiger partial charge on any atom is -0.349 e. The van der Waals surface area contributed by atoms with Crippen molar-refractivity contribution in [2.75, 3.05) is 0 Å². The monoisotopic (exact) mass is 247 g/mol. The third kappa shape index (κ3) is 3.43. The average Bonchev–Trinajstić information content (AvgIpc) is 2.91. The quantitative estimate of drug-likeness (QED) is 0.327. The summed E-state index contributed by atoms with van der Waals surface area (Å²) in [5.41, 5.74) is 3.77. The maximum Gasteiger partial charge on any atom is 0.206 e. The Morgan fingerprint density at radius 1 is 1.50 bits per heavy atom. The molecule has 1 fully saturated rings. The number of nitrogens with zero attached hydrogens (tertiary/aromatic N) is 2. The van der Waals surface area contributed by atoms with E-state index in [2.05, 4.69) is 27.6 Å². The summed E-state index contributed by atoms with van der Waals surface area (Å²) in [6.45, 7) is 2.07. The van der Waals surface area contributed by atoms with E-state index in [0.29, 0.717) is 12.0 Å². The molecule has 1 saturated carbocycles. The zero-order valence-corrected chi connectivity index (χ0v) is 10.8. The van der Waals surface area contributed by atoms with Crippen LogP contribution < -0.4 is 16.6 Å². The number of rotatable bonds is 3. The third-order valence-electron chi connectivity index (χ3n) is 3.31. The summed E-state index contributed by atoms with van der Waals surface area (Å²) in [6.07, 6.45) is 8.48. The minimum atomic E-state index is 0.134. The minimum absolute atomic E-state index is 0.134. The molecule has 0 spiro atoms. The van der Waals surface area contributed by atoms with E-state index in [4.69, 9.17) is 5.84 Å². The number of guanidine groups is 1. The maximum atomic E-state index is 5.52. The van der Waals surface area contributed by atoms with Crippen molar-refractivity contribution in [2.24, 2.45) is 10.8 Å². The molecule has 1 aromatic heterocycles. The molecule has 1 heterocycles. The molecule has 0 aromatic carbocycles. The first-order valence-electron chi connectivity index (χ1n) is 6.50. The number of nitrogens with one attached hydrogen (secondary N) is 2. The molecule has 0 bridgehead atoms. The van der Waals surface area contributed by atoms with Crippen LogP contribution in [-0.4, -0.2) is 17.0 Å². The molecule has 1 aromatic rings. The molecule has 98 valence electrons. The Morgan fingerprint density at radius 3 is 2.89 bits per heavy atom. The van der Waals surface area contributed by atoms with Crippen molar-refractivity contribution in [3.63, 3.8) is 0 Å². The fraction of sp³-hybridized carbons (Fsp3) is 0.538. The van der Waals surface area contributed by atoms with Crippen LogP contribution in [0.5, 0.6) is 0 Å². The summed E-state index contributed by atoms with van der Waals surface area (Å²) in [7, 11) is 0. The second-order valence-corrected chi connectivity index (χ2v) is 4.71.